The second-order valence-corrected chi connectivity index (χ2v) is 6.72. The second kappa shape index (κ2) is 6.56. The van der Waals surface area contributed by atoms with Crippen molar-refractivity contribution in [3.63, 3.8) is 0 Å². The van der Waals surface area contributed by atoms with Gasteiger partial charge in [-0.15, -0.1) is 5.10 Å². The topological polar surface area (TPSA) is 81.4 Å². The van der Waals surface area contributed by atoms with Gasteiger partial charge in [0.05, 0.1) is 0 Å². The van der Waals surface area contributed by atoms with Crippen molar-refractivity contribution < 1.29 is 4.74 Å². The Balaban J connectivity index is 1.44. The third-order valence-electron chi connectivity index (χ3n) is 4.00. The van der Waals surface area contributed by atoms with E-state index in [0.29, 0.717) is 28.6 Å². The maximum Gasteiger partial charge on any atom is 0.275 e. The number of rotatable bonds is 5. The summed E-state index contributed by atoms with van der Waals surface area (Å²) in [6, 6.07) is 5.28. The van der Waals surface area contributed by atoms with Gasteiger partial charge in [0.1, 0.15) is 6.10 Å². The Kier molecular flexibility index (Phi) is 4.12. The largest absolute Gasteiger partial charge is 0.474 e. The highest BCUT2D eigenvalue weighted by Gasteiger charge is 2.17. The van der Waals surface area contributed by atoms with Crippen LogP contribution in [0.15, 0.2) is 35.4 Å². The van der Waals surface area contributed by atoms with E-state index in [9.17, 15) is 4.79 Å². The normalized spacial score (nSPS) is 15.0. The van der Waals surface area contributed by atoms with Crippen molar-refractivity contribution in [2.24, 2.45) is 0 Å². The molecule has 0 saturated heterocycles. The van der Waals surface area contributed by atoms with Crippen molar-refractivity contribution in [2.45, 2.75) is 38.3 Å². The van der Waals surface area contributed by atoms with Crippen molar-refractivity contribution in [1.29, 1.82) is 0 Å². The van der Waals surface area contributed by atoms with E-state index in [2.05, 4.69) is 20.4 Å². The summed E-state index contributed by atoms with van der Waals surface area (Å²) in [6.07, 6.45) is 8.23. The number of nitrogens with zero attached hydrogens (tertiary/aromatic N) is 4. The Morgan fingerprint density at radius 2 is 2.08 bits per heavy atom. The summed E-state index contributed by atoms with van der Waals surface area (Å²) >= 11 is 1.34. The Hall–Kier alpha value is -2.48. The van der Waals surface area contributed by atoms with Crippen LogP contribution in [0, 0.1) is 0 Å². The lowest BCUT2D eigenvalue weighted by Crippen LogP contribution is -2.13. The van der Waals surface area contributed by atoms with Gasteiger partial charge in [0.2, 0.25) is 16.0 Å². The molecule has 1 fully saturated rings. The molecule has 3 heterocycles. The molecule has 8 heteroatoms. The summed E-state index contributed by atoms with van der Waals surface area (Å²) in [6.45, 7) is 0.581. The zero-order chi connectivity index (χ0) is 16.4. The lowest BCUT2D eigenvalue weighted by atomic mass is 10.2. The summed E-state index contributed by atoms with van der Waals surface area (Å²) in [5.41, 5.74) is 0.873. The summed E-state index contributed by atoms with van der Waals surface area (Å²) in [7, 11) is 0. The first kappa shape index (κ1) is 15.1. The van der Waals surface area contributed by atoms with E-state index < -0.39 is 0 Å². The van der Waals surface area contributed by atoms with Gasteiger partial charge >= 0.3 is 0 Å². The first-order chi connectivity index (χ1) is 11.8. The molecule has 0 amide bonds. The van der Waals surface area contributed by atoms with Crippen molar-refractivity contribution in [1.82, 2.24) is 19.6 Å². The summed E-state index contributed by atoms with van der Waals surface area (Å²) < 4.78 is 7.22. The monoisotopic (exact) mass is 343 g/mol. The highest BCUT2D eigenvalue weighted by atomic mass is 32.1. The molecule has 0 unspecified atom stereocenters. The minimum atomic E-state index is -0.180. The molecule has 124 valence electrons. The molecule has 1 N–H and O–H groups in total. The van der Waals surface area contributed by atoms with E-state index in [1.165, 1.54) is 41.0 Å². The minimum absolute atomic E-state index is 0.180. The maximum atomic E-state index is 11.7. The lowest BCUT2D eigenvalue weighted by Gasteiger charge is -2.12. The molecule has 3 aromatic heterocycles. The molecule has 0 spiro atoms. The van der Waals surface area contributed by atoms with Crippen molar-refractivity contribution in [3.05, 3.63) is 46.5 Å². The van der Waals surface area contributed by atoms with Gasteiger partial charge in [-0.2, -0.15) is 4.52 Å². The van der Waals surface area contributed by atoms with E-state index in [0.717, 1.165) is 18.4 Å². The molecule has 0 atom stereocenters. The van der Waals surface area contributed by atoms with Gasteiger partial charge in [0.25, 0.3) is 5.56 Å². The third-order valence-corrected chi connectivity index (χ3v) is 4.88. The van der Waals surface area contributed by atoms with Gasteiger partial charge in [-0.3, -0.25) is 4.79 Å². The van der Waals surface area contributed by atoms with Gasteiger partial charge < -0.3 is 10.1 Å². The zero-order valence-corrected chi connectivity index (χ0v) is 13.8. The minimum Gasteiger partial charge on any atom is -0.474 e. The molecular formula is C16H17N5O2S. The van der Waals surface area contributed by atoms with E-state index in [-0.39, 0.29) is 5.56 Å². The number of pyridine rings is 1. The molecule has 24 heavy (non-hydrogen) atoms. The highest BCUT2D eigenvalue weighted by Crippen LogP contribution is 2.23. The van der Waals surface area contributed by atoms with Crippen LogP contribution in [0.1, 0.15) is 31.2 Å². The smallest absolute Gasteiger partial charge is 0.275 e. The predicted molar refractivity (Wildman–Crippen MR) is 91.6 cm³/mol. The van der Waals surface area contributed by atoms with Crippen LogP contribution in [0.25, 0.3) is 4.96 Å². The average Bonchev–Trinajstić information content (AvgIpc) is 3.23. The zero-order valence-electron chi connectivity index (χ0n) is 13.0. The molecule has 7 nitrogen and oxygen atoms in total. The van der Waals surface area contributed by atoms with Crippen LogP contribution >= 0.6 is 11.3 Å². The van der Waals surface area contributed by atoms with Crippen LogP contribution in [0.5, 0.6) is 5.88 Å². The number of ether oxygens (including phenoxy) is 1. The molecule has 0 radical (unpaired) electrons. The fourth-order valence-corrected chi connectivity index (χ4v) is 3.57. The Labute approximate surface area is 142 Å². The Bertz CT molecular complexity index is 901. The fourth-order valence-electron chi connectivity index (χ4n) is 2.79. The van der Waals surface area contributed by atoms with E-state index in [4.69, 9.17) is 4.74 Å². The number of anilines is 1. The number of aromatic nitrogens is 4. The van der Waals surface area contributed by atoms with Crippen LogP contribution < -0.4 is 15.6 Å². The molecule has 1 saturated carbocycles. The summed E-state index contributed by atoms with van der Waals surface area (Å²) in [5, 5.41) is 8.11. The molecular weight excluding hydrogens is 326 g/mol. The van der Waals surface area contributed by atoms with Crippen molar-refractivity contribution in [2.75, 3.05) is 5.32 Å². The van der Waals surface area contributed by atoms with Gasteiger partial charge in [-0.05, 0) is 37.3 Å². The lowest BCUT2D eigenvalue weighted by molar-refractivity contribution is 0.201. The van der Waals surface area contributed by atoms with Crippen molar-refractivity contribution in [3.8, 4) is 5.88 Å². The Morgan fingerprint density at radius 1 is 1.25 bits per heavy atom. The number of hydrogen-bond donors (Lipinski definition) is 1. The Morgan fingerprint density at radius 3 is 2.92 bits per heavy atom. The van der Waals surface area contributed by atoms with E-state index >= 15 is 0 Å². The molecule has 0 aliphatic heterocycles. The highest BCUT2D eigenvalue weighted by molar-refractivity contribution is 7.20. The van der Waals surface area contributed by atoms with E-state index in [1.807, 2.05) is 12.1 Å². The fraction of sp³-hybridized carbons (Fsp3) is 0.375. The average molecular weight is 343 g/mol. The van der Waals surface area contributed by atoms with Crippen LogP contribution in [0.3, 0.4) is 0 Å². The van der Waals surface area contributed by atoms with Gasteiger partial charge in [-0.25, -0.2) is 9.97 Å². The van der Waals surface area contributed by atoms with Crippen LogP contribution in [-0.2, 0) is 6.54 Å². The summed E-state index contributed by atoms with van der Waals surface area (Å²) in [5.74, 6) is 0.670. The third kappa shape index (κ3) is 3.23. The number of nitrogens with one attached hydrogen (secondary N) is 1. The molecule has 0 bridgehead atoms. The van der Waals surface area contributed by atoms with E-state index in [1.54, 1.807) is 6.20 Å². The van der Waals surface area contributed by atoms with Crippen molar-refractivity contribution >= 4 is 21.4 Å². The molecule has 0 aromatic carbocycles. The van der Waals surface area contributed by atoms with Crippen LogP contribution in [0.4, 0.5) is 5.13 Å². The van der Waals surface area contributed by atoms with Gasteiger partial charge in [0, 0.05) is 31.1 Å². The molecule has 1 aliphatic rings. The summed E-state index contributed by atoms with van der Waals surface area (Å²) in [4.78, 5) is 20.7. The van der Waals surface area contributed by atoms with Gasteiger partial charge in [0.15, 0.2) is 0 Å². The van der Waals surface area contributed by atoms with Gasteiger partial charge in [-0.1, -0.05) is 11.3 Å². The number of fused-ring (bicyclic) bond motifs is 1. The molecule has 4 rings (SSSR count). The van der Waals surface area contributed by atoms with Crippen LogP contribution in [0.2, 0.25) is 0 Å². The standard InChI is InChI=1S/C16H17N5O2S/c22-14-6-8-18-16-21(14)20-15(24-16)19-10-11-5-7-17-13(9-11)23-12-3-1-2-4-12/h5-9,12H,1-4,10H2,(H,19,20). The molecule has 3 aromatic rings. The predicted octanol–water partition coefficient (Wildman–Crippen LogP) is 2.48. The first-order valence-corrected chi connectivity index (χ1v) is 8.80. The second-order valence-electron chi connectivity index (χ2n) is 5.76. The number of hydrogen-bond acceptors (Lipinski definition) is 7. The first-order valence-electron chi connectivity index (χ1n) is 7.98. The molecule has 1 aliphatic carbocycles. The maximum absolute atomic E-state index is 11.7. The SMILES string of the molecule is O=c1ccnc2sc(NCc3ccnc(OC4CCCC4)c3)nn12. The quantitative estimate of drug-likeness (QED) is 0.766. The van der Waals surface area contributed by atoms with Crippen LogP contribution in [-0.4, -0.2) is 25.7 Å².